The van der Waals surface area contributed by atoms with Crippen LogP contribution in [0.5, 0.6) is 0 Å². The molecule has 34 heavy (non-hydrogen) atoms. The lowest BCUT2D eigenvalue weighted by molar-refractivity contribution is -0.174. The summed E-state index contributed by atoms with van der Waals surface area (Å²) in [5, 5.41) is 13.9. The molecule has 176 valence electrons. The van der Waals surface area contributed by atoms with E-state index in [9.17, 15) is 18.0 Å². The molecule has 0 saturated heterocycles. The van der Waals surface area contributed by atoms with E-state index < -0.39 is 24.2 Å². The van der Waals surface area contributed by atoms with Gasteiger partial charge in [0.25, 0.3) is 5.91 Å². The summed E-state index contributed by atoms with van der Waals surface area (Å²) in [4.78, 5) is 12.8. The summed E-state index contributed by atoms with van der Waals surface area (Å²) >= 11 is 0. The summed E-state index contributed by atoms with van der Waals surface area (Å²) < 4.78 is 49.1. The number of fused-ring (bicyclic) bond motifs is 1. The quantitative estimate of drug-likeness (QED) is 0.431. The molecule has 2 atom stereocenters. The minimum Gasteiger partial charge on any atom is -0.467 e. The van der Waals surface area contributed by atoms with Crippen LogP contribution in [0.25, 0.3) is 0 Å². The second-order valence-corrected chi connectivity index (χ2v) is 8.14. The first kappa shape index (κ1) is 21.8. The molecule has 0 fully saturated rings. The van der Waals surface area contributed by atoms with E-state index in [0.717, 1.165) is 15.8 Å². The monoisotopic (exact) mass is 470 g/mol. The zero-order valence-electron chi connectivity index (χ0n) is 18.1. The number of hydrogen-bond donors (Lipinski definition) is 2. The summed E-state index contributed by atoms with van der Waals surface area (Å²) in [6.07, 6.45) is -1.73. The van der Waals surface area contributed by atoms with Crippen molar-refractivity contribution in [1.82, 2.24) is 19.6 Å². The van der Waals surface area contributed by atoms with Crippen LogP contribution >= 0.6 is 0 Å². The lowest BCUT2D eigenvalue weighted by Gasteiger charge is -2.32. The van der Waals surface area contributed by atoms with Gasteiger partial charge in [-0.05, 0) is 30.2 Å². The molecule has 1 aromatic carbocycles. The van der Waals surface area contributed by atoms with Gasteiger partial charge in [-0.2, -0.15) is 23.4 Å². The maximum absolute atomic E-state index is 13.8. The first-order valence-electron chi connectivity index (χ1n) is 10.6. The van der Waals surface area contributed by atoms with E-state index >= 15 is 0 Å². The number of furan rings is 1. The van der Waals surface area contributed by atoms with Crippen molar-refractivity contribution in [3.63, 3.8) is 0 Å². The molecule has 4 aromatic rings. The highest BCUT2D eigenvalue weighted by Crippen LogP contribution is 2.43. The van der Waals surface area contributed by atoms with Gasteiger partial charge in [0.1, 0.15) is 11.6 Å². The van der Waals surface area contributed by atoms with Crippen LogP contribution in [0.1, 0.15) is 45.9 Å². The van der Waals surface area contributed by atoms with Crippen LogP contribution in [-0.2, 0) is 6.54 Å². The molecule has 0 bridgehead atoms. The molecule has 11 heteroatoms. The number of carbonyl (C=O) groups is 1. The third-order valence-electron chi connectivity index (χ3n) is 5.78. The molecule has 1 amide bonds. The summed E-state index contributed by atoms with van der Waals surface area (Å²) in [7, 11) is 0. The molecule has 0 spiro atoms. The van der Waals surface area contributed by atoms with Gasteiger partial charge in [0.05, 0.1) is 18.8 Å². The van der Waals surface area contributed by atoms with Crippen LogP contribution in [0.3, 0.4) is 0 Å². The Kier molecular flexibility index (Phi) is 5.39. The van der Waals surface area contributed by atoms with Gasteiger partial charge in [-0.25, -0.2) is 4.68 Å². The lowest BCUT2D eigenvalue weighted by atomic mass is 10.0. The average Bonchev–Trinajstić information content (AvgIpc) is 3.54. The molecular formula is C23H21F3N6O2. The van der Waals surface area contributed by atoms with E-state index in [1.807, 2.05) is 31.2 Å². The predicted octanol–water partition coefficient (Wildman–Crippen LogP) is 4.94. The number of rotatable bonds is 5. The fraction of sp³-hybridized carbons (Fsp3) is 0.261. The molecule has 1 aliphatic rings. The number of hydrogen-bond acceptors (Lipinski definition) is 5. The number of anilines is 2. The highest BCUT2D eigenvalue weighted by molar-refractivity contribution is 6.02. The first-order valence-corrected chi connectivity index (χ1v) is 10.6. The Balaban J connectivity index is 1.34. The van der Waals surface area contributed by atoms with Crippen molar-refractivity contribution in [1.29, 1.82) is 0 Å². The fourth-order valence-electron chi connectivity index (χ4n) is 4.02. The van der Waals surface area contributed by atoms with Crippen LogP contribution in [0, 0.1) is 6.92 Å². The van der Waals surface area contributed by atoms with Gasteiger partial charge in [0.15, 0.2) is 17.6 Å². The van der Waals surface area contributed by atoms with Gasteiger partial charge in [0, 0.05) is 24.8 Å². The zero-order chi connectivity index (χ0) is 23.9. The van der Waals surface area contributed by atoms with Crippen molar-refractivity contribution < 1.29 is 22.4 Å². The molecule has 0 radical (unpaired) electrons. The van der Waals surface area contributed by atoms with Gasteiger partial charge in [-0.3, -0.25) is 9.48 Å². The molecule has 3 aromatic heterocycles. The molecule has 1 aliphatic heterocycles. The topological polar surface area (TPSA) is 89.9 Å². The summed E-state index contributed by atoms with van der Waals surface area (Å²) in [5.74, 6) is 0.0933. The number of nitrogens with zero attached hydrogens (tertiary/aromatic N) is 4. The Morgan fingerprint density at radius 2 is 2.03 bits per heavy atom. The molecule has 8 nitrogen and oxygen atoms in total. The van der Waals surface area contributed by atoms with Crippen molar-refractivity contribution in [2.24, 2.45) is 0 Å². The summed E-state index contributed by atoms with van der Waals surface area (Å²) in [6, 6.07) is 11.4. The van der Waals surface area contributed by atoms with E-state index in [1.54, 1.807) is 29.1 Å². The molecule has 4 heterocycles. The van der Waals surface area contributed by atoms with Crippen LogP contribution in [0.4, 0.5) is 24.8 Å². The van der Waals surface area contributed by atoms with Crippen molar-refractivity contribution in [3.8, 4) is 0 Å². The molecule has 2 N–H and O–H groups in total. The fourth-order valence-corrected chi connectivity index (χ4v) is 4.02. The van der Waals surface area contributed by atoms with Crippen LogP contribution in [-0.4, -0.2) is 31.6 Å². The number of benzene rings is 1. The van der Waals surface area contributed by atoms with Crippen molar-refractivity contribution in [2.75, 3.05) is 10.6 Å². The Labute approximate surface area is 192 Å². The maximum atomic E-state index is 13.8. The lowest BCUT2D eigenvalue weighted by Crippen LogP contribution is -2.35. The van der Waals surface area contributed by atoms with E-state index in [-0.39, 0.29) is 23.8 Å². The van der Waals surface area contributed by atoms with E-state index in [2.05, 4.69) is 20.8 Å². The second kappa shape index (κ2) is 8.40. The predicted molar refractivity (Wildman–Crippen MR) is 117 cm³/mol. The van der Waals surface area contributed by atoms with Gasteiger partial charge in [-0.15, -0.1) is 0 Å². The van der Waals surface area contributed by atoms with E-state index in [1.165, 1.54) is 12.3 Å². The van der Waals surface area contributed by atoms with Crippen LogP contribution < -0.4 is 10.6 Å². The number of halogens is 3. The first-order chi connectivity index (χ1) is 16.3. The summed E-state index contributed by atoms with van der Waals surface area (Å²) in [6.45, 7) is 2.52. The smallest absolute Gasteiger partial charge is 0.410 e. The third kappa shape index (κ3) is 4.28. The maximum Gasteiger partial charge on any atom is 0.410 e. The average molecular weight is 470 g/mol. The van der Waals surface area contributed by atoms with Crippen LogP contribution in [0.15, 0.2) is 65.4 Å². The minimum absolute atomic E-state index is 0.0882. The highest BCUT2D eigenvalue weighted by Gasteiger charge is 2.47. The molecule has 0 saturated carbocycles. The molecule has 5 rings (SSSR count). The number of alkyl halides is 3. The SMILES string of the molecule is Cc1ccccc1Cn1ccc(NC(=O)c2cc3n(n2)[C@H](C(F)(F)F)C[C@@H](c2ccco2)N3)n1. The number of amides is 1. The number of carbonyl (C=O) groups excluding carboxylic acids is 1. The number of aryl methyl sites for hydroxylation is 1. The Morgan fingerprint density at radius 3 is 2.76 bits per heavy atom. The zero-order valence-corrected chi connectivity index (χ0v) is 18.1. The van der Waals surface area contributed by atoms with Gasteiger partial charge >= 0.3 is 6.18 Å². The van der Waals surface area contributed by atoms with Gasteiger partial charge in [-0.1, -0.05) is 24.3 Å². The molecular weight excluding hydrogens is 449 g/mol. The van der Waals surface area contributed by atoms with E-state index in [4.69, 9.17) is 4.42 Å². The van der Waals surface area contributed by atoms with Gasteiger partial charge < -0.3 is 15.1 Å². The number of nitrogens with one attached hydrogen (secondary N) is 2. The van der Waals surface area contributed by atoms with Crippen molar-refractivity contribution >= 4 is 17.5 Å². The van der Waals surface area contributed by atoms with Crippen LogP contribution in [0.2, 0.25) is 0 Å². The Bertz CT molecular complexity index is 1310. The van der Waals surface area contributed by atoms with Crippen molar-refractivity contribution in [2.45, 2.75) is 38.1 Å². The highest BCUT2D eigenvalue weighted by atomic mass is 19.4. The second-order valence-electron chi connectivity index (χ2n) is 8.14. The Hall–Kier alpha value is -4.02. The Morgan fingerprint density at radius 1 is 1.21 bits per heavy atom. The molecule has 0 unspecified atom stereocenters. The largest absolute Gasteiger partial charge is 0.467 e. The standard InChI is InChI=1S/C23H21F3N6O2/c1-14-5-2-3-6-15(14)13-31-9-8-20(30-31)28-22(33)17-12-21-27-16(18-7-4-10-34-18)11-19(23(24,25)26)32(21)29-17/h2-10,12,16,19,27H,11,13H2,1H3,(H,28,30,33)/t16-,19-/m0/s1. The summed E-state index contributed by atoms with van der Waals surface area (Å²) in [5.41, 5.74) is 2.05. The van der Waals surface area contributed by atoms with Crippen molar-refractivity contribution in [3.05, 3.63) is 83.6 Å². The third-order valence-corrected chi connectivity index (χ3v) is 5.78. The van der Waals surface area contributed by atoms with E-state index in [0.29, 0.717) is 12.3 Å². The molecule has 0 aliphatic carbocycles. The van der Waals surface area contributed by atoms with Gasteiger partial charge in [0.2, 0.25) is 0 Å². The minimum atomic E-state index is -4.55. The number of aromatic nitrogens is 4. The normalized spacial score (nSPS) is 17.8.